The molecular weight excluding hydrogens is 524 g/mol. The lowest BCUT2D eigenvalue weighted by Crippen LogP contribution is -2.54. The third-order valence-corrected chi connectivity index (χ3v) is 5.72. The number of ether oxygens (including phenoxy) is 2. The van der Waals surface area contributed by atoms with Crippen LogP contribution in [0.25, 0.3) is 6.08 Å². The minimum Gasteiger partial charge on any atom is -0.497 e. The Morgan fingerprint density at radius 1 is 1.03 bits per heavy atom. The summed E-state index contributed by atoms with van der Waals surface area (Å²) >= 11 is 9.44. The first kappa shape index (κ1) is 23.5. The van der Waals surface area contributed by atoms with Crippen LogP contribution < -0.4 is 19.7 Å². The van der Waals surface area contributed by atoms with Crippen molar-refractivity contribution in [1.82, 2.24) is 5.32 Å². The van der Waals surface area contributed by atoms with E-state index >= 15 is 0 Å². The van der Waals surface area contributed by atoms with Gasteiger partial charge in [0.25, 0.3) is 11.8 Å². The molecule has 4 rings (SSSR count). The number of methoxy groups -OCH3 is 1. The first-order valence-corrected chi connectivity index (χ1v) is 11.2. The van der Waals surface area contributed by atoms with Crippen LogP contribution in [-0.4, -0.2) is 25.0 Å². The molecule has 1 N–H and O–H groups in total. The minimum absolute atomic E-state index is 0.207. The summed E-state index contributed by atoms with van der Waals surface area (Å²) in [5.41, 5.74) is 1.44. The maximum absolute atomic E-state index is 13.2. The van der Waals surface area contributed by atoms with Gasteiger partial charge in [0.2, 0.25) is 0 Å². The van der Waals surface area contributed by atoms with Crippen molar-refractivity contribution in [3.8, 4) is 11.5 Å². The number of rotatable bonds is 6. The number of hydrogen-bond donors (Lipinski definition) is 1. The minimum atomic E-state index is -0.830. The van der Waals surface area contributed by atoms with Crippen LogP contribution in [0.15, 0.2) is 76.8 Å². The Morgan fingerprint density at radius 2 is 1.79 bits per heavy atom. The lowest BCUT2D eigenvalue weighted by Gasteiger charge is -2.26. The number of barbiturate groups is 1. The second-order valence-corrected chi connectivity index (χ2v) is 8.61. The van der Waals surface area contributed by atoms with E-state index in [2.05, 4.69) is 21.2 Å². The molecule has 34 heavy (non-hydrogen) atoms. The van der Waals surface area contributed by atoms with E-state index in [4.69, 9.17) is 21.1 Å². The van der Waals surface area contributed by atoms with E-state index in [1.165, 1.54) is 13.2 Å². The summed E-state index contributed by atoms with van der Waals surface area (Å²) in [5.74, 6) is -0.527. The standard InChI is InChI=1S/C25H18BrClN2O5/c1-33-20-8-6-19(7-9-20)29-24(31)21(23(30)28-25(29)32)13-16-12-17(26)5-10-22(16)34-14-15-3-2-4-18(27)11-15/h2-13H,14H2,1H3,(H,28,30,32)/b21-13+. The molecule has 3 aromatic carbocycles. The molecule has 0 aromatic heterocycles. The van der Waals surface area contributed by atoms with Crippen LogP contribution in [0.4, 0.5) is 10.5 Å². The van der Waals surface area contributed by atoms with E-state index in [0.29, 0.717) is 27.8 Å². The van der Waals surface area contributed by atoms with Crippen molar-refractivity contribution in [1.29, 1.82) is 0 Å². The van der Waals surface area contributed by atoms with Crippen LogP contribution in [0.1, 0.15) is 11.1 Å². The van der Waals surface area contributed by atoms with Crippen LogP contribution in [-0.2, 0) is 16.2 Å². The molecule has 0 spiro atoms. The van der Waals surface area contributed by atoms with E-state index in [9.17, 15) is 14.4 Å². The van der Waals surface area contributed by atoms with E-state index in [-0.39, 0.29) is 12.2 Å². The zero-order valence-electron chi connectivity index (χ0n) is 17.9. The largest absolute Gasteiger partial charge is 0.497 e. The molecule has 7 nitrogen and oxygen atoms in total. The zero-order chi connectivity index (χ0) is 24.2. The summed E-state index contributed by atoms with van der Waals surface area (Å²) < 4.78 is 11.8. The number of carbonyl (C=O) groups excluding carboxylic acids is 3. The molecule has 172 valence electrons. The van der Waals surface area contributed by atoms with Crippen LogP contribution >= 0.6 is 27.5 Å². The van der Waals surface area contributed by atoms with Gasteiger partial charge in [0.1, 0.15) is 23.7 Å². The van der Waals surface area contributed by atoms with Gasteiger partial charge < -0.3 is 9.47 Å². The van der Waals surface area contributed by atoms with Crippen molar-refractivity contribution in [3.05, 3.63) is 92.9 Å². The summed E-state index contributed by atoms with van der Waals surface area (Å²) in [5, 5.41) is 2.81. The molecule has 0 radical (unpaired) electrons. The topological polar surface area (TPSA) is 84.9 Å². The molecule has 1 heterocycles. The molecular formula is C25H18BrClN2O5. The van der Waals surface area contributed by atoms with Crippen LogP contribution in [0.3, 0.4) is 0 Å². The average molecular weight is 542 g/mol. The maximum Gasteiger partial charge on any atom is 0.335 e. The van der Waals surface area contributed by atoms with Crippen molar-refractivity contribution in [2.24, 2.45) is 0 Å². The van der Waals surface area contributed by atoms with E-state index in [0.717, 1.165) is 14.9 Å². The predicted octanol–water partition coefficient (Wildman–Crippen LogP) is 5.36. The third-order valence-electron chi connectivity index (χ3n) is 4.99. The fourth-order valence-corrected chi connectivity index (χ4v) is 3.92. The van der Waals surface area contributed by atoms with Gasteiger partial charge in [0, 0.05) is 15.1 Å². The molecule has 0 aliphatic carbocycles. The average Bonchev–Trinajstić information content (AvgIpc) is 2.81. The molecule has 1 aliphatic rings. The smallest absolute Gasteiger partial charge is 0.335 e. The van der Waals surface area contributed by atoms with Crippen molar-refractivity contribution in [3.63, 3.8) is 0 Å². The number of amides is 4. The molecule has 0 saturated carbocycles. The number of carbonyl (C=O) groups is 3. The Morgan fingerprint density at radius 3 is 2.50 bits per heavy atom. The highest BCUT2D eigenvalue weighted by molar-refractivity contribution is 9.10. The highest BCUT2D eigenvalue weighted by atomic mass is 79.9. The molecule has 1 fully saturated rings. The third kappa shape index (κ3) is 5.13. The number of nitrogens with one attached hydrogen (secondary N) is 1. The number of nitrogens with zero attached hydrogens (tertiary/aromatic N) is 1. The molecule has 0 unspecified atom stereocenters. The van der Waals surface area contributed by atoms with Gasteiger partial charge in [-0.3, -0.25) is 14.9 Å². The molecule has 0 atom stereocenters. The van der Waals surface area contributed by atoms with Crippen LogP contribution in [0.5, 0.6) is 11.5 Å². The second-order valence-electron chi connectivity index (χ2n) is 7.26. The second kappa shape index (κ2) is 10.1. The van der Waals surface area contributed by atoms with Gasteiger partial charge in [-0.1, -0.05) is 39.7 Å². The number of anilines is 1. The SMILES string of the molecule is COc1ccc(N2C(=O)NC(=O)/C(=C\c3cc(Br)ccc3OCc3cccc(Cl)c3)C2=O)cc1. The van der Waals surface area contributed by atoms with Crippen molar-refractivity contribution < 1.29 is 23.9 Å². The number of halogens is 2. The van der Waals surface area contributed by atoms with Gasteiger partial charge in [-0.05, 0) is 66.2 Å². The van der Waals surface area contributed by atoms with E-state index in [1.807, 2.05) is 12.1 Å². The molecule has 4 amide bonds. The summed E-state index contributed by atoms with van der Waals surface area (Å²) in [6.07, 6.45) is 1.40. The molecule has 1 saturated heterocycles. The van der Waals surface area contributed by atoms with Crippen LogP contribution in [0, 0.1) is 0 Å². The first-order chi connectivity index (χ1) is 16.4. The van der Waals surface area contributed by atoms with Gasteiger partial charge in [0.05, 0.1) is 12.8 Å². The number of imide groups is 2. The van der Waals surface area contributed by atoms with Crippen molar-refractivity contribution in [2.75, 3.05) is 12.0 Å². The summed E-state index contributed by atoms with van der Waals surface area (Å²) in [6.45, 7) is 0.231. The van der Waals surface area contributed by atoms with E-state index in [1.54, 1.807) is 54.6 Å². The number of urea groups is 1. The Hall–Kier alpha value is -3.62. The van der Waals surface area contributed by atoms with Gasteiger partial charge in [-0.25, -0.2) is 9.69 Å². The van der Waals surface area contributed by atoms with Crippen molar-refractivity contribution >= 4 is 57.1 Å². The molecule has 3 aromatic rings. The number of benzene rings is 3. The Kier molecular flexibility index (Phi) is 7.00. The van der Waals surface area contributed by atoms with Gasteiger partial charge in [-0.2, -0.15) is 0 Å². The zero-order valence-corrected chi connectivity index (χ0v) is 20.2. The molecule has 0 bridgehead atoms. The highest BCUT2D eigenvalue weighted by Crippen LogP contribution is 2.29. The monoisotopic (exact) mass is 540 g/mol. The Balaban J connectivity index is 1.66. The Bertz CT molecular complexity index is 1310. The van der Waals surface area contributed by atoms with Crippen LogP contribution in [0.2, 0.25) is 5.02 Å². The highest BCUT2D eigenvalue weighted by Gasteiger charge is 2.37. The predicted molar refractivity (Wildman–Crippen MR) is 132 cm³/mol. The van der Waals surface area contributed by atoms with Gasteiger partial charge in [0.15, 0.2) is 0 Å². The lowest BCUT2D eigenvalue weighted by molar-refractivity contribution is -0.122. The number of hydrogen-bond acceptors (Lipinski definition) is 5. The Labute approximate surface area is 209 Å². The first-order valence-electron chi connectivity index (χ1n) is 10.1. The molecule has 1 aliphatic heterocycles. The fraction of sp³-hybridized carbons (Fsp3) is 0.0800. The van der Waals surface area contributed by atoms with Gasteiger partial charge in [-0.15, -0.1) is 0 Å². The summed E-state index contributed by atoms with van der Waals surface area (Å²) in [4.78, 5) is 39.1. The van der Waals surface area contributed by atoms with E-state index < -0.39 is 17.8 Å². The van der Waals surface area contributed by atoms with Gasteiger partial charge >= 0.3 is 6.03 Å². The maximum atomic E-state index is 13.2. The molecule has 9 heteroatoms. The summed E-state index contributed by atoms with van der Waals surface area (Å²) in [6, 6.07) is 18.0. The summed E-state index contributed by atoms with van der Waals surface area (Å²) in [7, 11) is 1.51. The quantitative estimate of drug-likeness (QED) is 0.336. The lowest BCUT2D eigenvalue weighted by atomic mass is 10.1. The fourth-order valence-electron chi connectivity index (χ4n) is 3.33. The van der Waals surface area contributed by atoms with Crippen molar-refractivity contribution in [2.45, 2.75) is 6.61 Å². The normalized spacial score (nSPS) is 14.9.